The van der Waals surface area contributed by atoms with Crippen molar-refractivity contribution in [2.45, 2.75) is 6.92 Å². The lowest BCUT2D eigenvalue weighted by Crippen LogP contribution is -2.09. The predicted molar refractivity (Wildman–Crippen MR) is 53.1 cm³/mol. The van der Waals surface area contributed by atoms with Gasteiger partial charge in [-0.3, -0.25) is 0 Å². The van der Waals surface area contributed by atoms with Crippen LogP contribution in [0, 0.1) is 29.1 Å². The average Bonchev–Trinajstić information content (AvgIpc) is 2.33. The van der Waals surface area contributed by atoms with Crippen LogP contribution < -0.4 is 4.74 Å². The van der Waals surface area contributed by atoms with Crippen LogP contribution in [0.25, 0.3) is 0 Å². The second-order valence-corrected chi connectivity index (χ2v) is 3.52. The summed E-state index contributed by atoms with van der Waals surface area (Å²) in [5, 5.41) is 8.37. The molecule has 0 atom stereocenters. The largest absolute Gasteiger partial charge is 0.483 e. The highest BCUT2D eigenvalue weighted by molar-refractivity contribution is 5.80. The van der Waals surface area contributed by atoms with E-state index in [9.17, 15) is 26.7 Å². The Hall–Kier alpha value is -2.12. The molecule has 0 heterocycles. The van der Waals surface area contributed by atoms with Gasteiger partial charge in [0.15, 0.2) is 5.75 Å². The van der Waals surface area contributed by atoms with Crippen molar-refractivity contribution in [1.82, 2.24) is 0 Å². The molecule has 1 aromatic rings. The summed E-state index contributed by atoms with van der Waals surface area (Å²) in [5.41, 5.74) is 0.0245. The van der Waals surface area contributed by atoms with Crippen molar-refractivity contribution < 1.29 is 36.6 Å². The molecule has 0 radical (unpaired) electrons. The highest BCUT2D eigenvalue weighted by atomic mass is 19.2. The number of hydrogen-bond acceptors (Lipinski definition) is 2. The highest BCUT2D eigenvalue weighted by Gasteiger charge is 2.26. The Bertz CT molecular complexity index is 525. The maximum atomic E-state index is 13.1. The van der Waals surface area contributed by atoms with Gasteiger partial charge in [0.25, 0.3) is 0 Å². The second kappa shape index (κ2) is 5.68. The van der Waals surface area contributed by atoms with Gasteiger partial charge >= 0.3 is 5.97 Å². The van der Waals surface area contributed by atoms with Crippen molar-refractivity contribution >= 4 is 5.97 Å². The first-order valence-electron chi connectivity index (χ1n) is 4.80. The van der Waals surface area contributed by atoms with Gasteiger partial charge in [-0.05, 0) is 12.5 Å². The summed E-state index contributed by atoms with van der Waals surface area (Å²) in [6.45, 7) is 0.616. The molecule has 8 heteroatoms. The van der Waals surface area contributed by atoms with Gasteiger partial charge < -0.3 is 9.84 Å². The molecule has 0 spiro atoms. The van der Waals surface area contributed by atoms with Crippen LogP contribution in [0.1, 0.15) is 6.92 Å². The van der Waals surface area contributed by atoms with Gasteiger partial charge in [-0.2, -0.15) is 8.78 Å². The molecule has 0 aliphatic carbocycles. The zero-order valence-electron chi connectivity index (χ0n) is 9.44. The zero-order chi connectivity index (χ0) is 14.7. The first-order chi connectivity index (χ1) is 8.75. The van der Waals surface area contributed by atoms with E-state index in [2.05, 4.69) is 4.74 Å². The maximum absolute atomic E-state index is 13.1. The number of aliphatic carboxylic acids is 1. The Morgan fingerprint density at radius 1 is 1.05 bits per heavy atom. The Balaban J connectivity index is 3.06. The molecule has 1 N–H and O–H groups in total. The van der Waals surface area contributed by atoms with Crippen LogP contribution in [0.4, 0.5) is 22.0 Å². The number of hydrogen-bond donors (Lipinski definition) is 1. The Morgan fingerprint density at radius 2 is 1.47 bits per heavy atom. The van der Waals surface area contributed by atoms with Gasteiger partial charge in [-0.15, -0.1) is 0 Å². The molecule has 0 aliphatic rings. The van der Waals surface area contributed by atoms with Crippen LogP contribution in [0.5, 0.6) is 5.75 Å². The van der Waals surface area contributed by atoms with Gasteiger partial charge in [-0.1, -0.05) is 0 Å². The molecule has 0 saturated heterocycles. The molecule has 0 unspecified atom stereocenters. The van der Waals surface area contributed by atoms with Crippen molar-refractivity contribution in [2.24, 2.45) is 0 Å². The monoisotopic (exact) mass is 282 g/mol. The van der Waals surface area contributed by atoms with Gasteiger partial charge in [-0.25, -0.2) is 18.0 Å². The van der Waals surface area contributed by atoms with Crippen molar-refractivity contribution in [2.75, 3.05) is 6.61 Å². The molecule has 0 bridgehead atoms. The topological polar surface area (TPSA) is 46.5 Å². The van der Waals surface area contributed by atoms with E-state index in [4.69, 9.17) is 5.11 Å². The van der Waals surface area contributed by atoms with Crippen LogP contribution in [0.3, 0.4) is 0 Å². The van der Waals surface area contributed by atoms with Gasteiger partial charge in [0.1, 0.15) is 6.61 Å². The molecule has 3 nitrogen and oxygen atoms in total. The second-order valence-electron chi connectivity index (χ2n) is 3.52. The molecule has 0 aromatic heterocycles. The number of carbonyl (C=O) groups is 1. The van der Waals surface area contributed by atoms with Crippen molar-refractivity contribution in [1.29, 1.82) is 0 Å². The third-order valence-corrected chi connectivity index (χ3v) is 1.98. The van der Waals surface area contributed by atoms with E-state index >= 15 is 0 Å². The number of carboxylic acids is 1. The fourth-order valence-corrected chi connectivity index (χ4v) is 1.15. The first kappa shape index (κ1) is 14.9. The fraction of sp³-hybridized carbons (Fsp3) is 0.182. The van der Waals surface area contributed by atoms with Crippen LogP contribution in [0.2, 0.25) is 0 Å². The van der Waals surface area contributed by atoms with Crippen molar-refractivity contribution in [3.63, 3.8) is 0 Å². The van der Waals surface area contributed by atoms with Crippen LogP contribution in [0.15, 0.2) is 11.6 Å². The Kier molecular flexibility index (Phi) is 4.47. The highest BCUT2D eigenvalue weighted by Crippen LogP contribution is 2.29. The minimum absolute atomic E-state index is 0.0245. The Morgan fingerprint density at radius 3 is 1.89 bits per heavy atom. The summed E-state index contributed by atoms with van der Waals surface area (Å²) in [4.78, 5) is 10.3. The molecule has 19 heavy (non-hydrogen) atoms. The molecular weight excluding hydrogens is 275 g/mol. The standard InChI is InChI=1S/C11H7F5O3/c1-4(2-5(17)18)3-19-11-9(15)7(13)6(12)8(14)10(11)16/h2H,3H2,1H3,(H,17,18). The molecule has 1 aromatic carbocycles. The number of rotatable bonds is 4. The molecule has 0 saturated carbocycles. The average molecular weight is 282 g/mol. The number of ether oxygens (including phenoxy) is 1. The Labute approximate surface area is 103 Å². The van der Waals surface area contributed by atoms with Crippen molar-refractivity contribution in [3.8, 4) is 5.75 Å². The van der Waals surface area contributed by atoms with E-state index in [1.807, 2.05) is 0 Å². The number of benzene rings is 1. The summed E-state index contributed by atoms with van der Waals surface area (Å²) < 4.78 is 69.0. The third kappa shape index (κ3) is 3.21. The summed E-state index contributed by atoms with van der Waals surface area (Å²) >= 11 is 0. The smallest absolute Gasteiger partial charge is 0.328 e. The van der Waals surface area contributed by atoms with Crippen LogP contribution in [-0.4, -0.2) is 17.7 Å². The van der Waals surface area contributed by atoms with Crippen molar-refractivity contribution in [3.05, 3.63) is 40.7 Å². The quantitative estimate of drug-likeness (QED) is 0.400. The predicted octanol–water partition coefficient (Wildman–Crippen LogP) is 2.79. The lowest BCUT2D eigenvalue weighted by molar-refractivity contribution is -0.131. The van der Waals surface area contributed by atoms with Gasteiger partial charge in [0.05, 0.1) is 0 Å². The summed E-state index contributed by atoms with van der Waals surface area (Å²) in [6, 6.07) is 0. The number of halogens is 5. The molecule has 0 aliphatic heterocycles. The molecule has 1 rings (SSSR count). The molecule has 104 valence electrons. The van der Waals surface area contributed by atoms with E-state index in [-0.39, 0.29) is 5.57 Å². The van der Waals surface area contributed by atoms with E-state index in [1.165, 1.54) is 6.92 Å². The summed E-state index contributed by atoms with van der Waals surface area (Å²) in [5.74, 6) is -13.6. The SMILES string of the molecule is CC(=CC(=O)O)COc1c(F)c(F)c(F)c(F)c1F. The number of carboxylic acid groups (broad SMARTS) is 1. The minimum atomic E-state index is -2.29. The van der Waals surface area contributed by atoms with Crippen LogP contribution in [-0.2, 0) is 4.79 Å². The maximum Gasteiger partial charge on any atom is 0.328 e. The van der Waals surface area contributed by atoms with Crippen LogP contribution >= 0.6 is 0 Å². The minimum Gasteiger partial charge on any atom is -0.483 e. The fourth-order valence-electron chi connectivity index (χ4n) is 1.15. The molecule has 0 fully saturated rings. The molecule has 0 amide bonds. The lowest BCUT2D eigenvalue weighted by Gasteiger charge is -2.10. The third-order valence-electron chi connectivity index (χ3n) is 1.98. The van der Waals surface area contributed by atoms with Gasteiger partial charge in [0, 0.05) is 6.08 Å². The molecular formula is C11H7F5O3. The van der Waals surface area contributed by atoms with E-state index in [0.717, 1.165) is 0 Å². The zero-order valence-corrected chi connectivity index (χ0v) is 9.44. The normalized spacial score (nSPS) is 11.6. The van der Waals surface area contributed by atoms with E-state index in [1.54, 1.807) is 0 Å². The van der Waals surface area contributed by atoms with E-state index < -0.39 is 47.4 Å². The van der Waals surface area contributed by atoms with E-state index in [0.29, 0.717) is 6.08 Å². The lowest BCUT2D eigenvalue weighted by atomic mass is 10.2. The first-order valence-corrected chi connectivity index (χ1v) is 4.80. The summed E-state index contributed by atoms with van der Waals surface area (Å²) in [7, 11) is 0. The summed E-state index contributed by atoms with van der Waals surface area (Å²) in [6.07, 6.45) is 0.673. The van der Waals surface area contributed by atoms with Gasteiger partial charge in [0.2, 0.25) is 29.1 Å².